The van der Waals surface area contributed by atoms with Gasteiger partial charge in [0.2, 0.25) is 5.82 Å². The molecule has 0 radical (unpaired) electrons. The molecule has 3 rings (SSSR count). The summed E-state index contributed by atoms with van der Waals surface area (Å²) in [4.78, 5) is 19.5. The normalized spacial score (nSPS) is 11.6. The Hall–Kier alpha value is -3.61. The van der Waals surface area contributed by atoms with Gasteiger partial charge < -0.3 is 9.74 Å². The third-order valence-corrected chi connectivity index (χ3v) is 10.4. The number of aromatic nitrogens is 2. The van der Waals surface area contributed by atoms with Gasteiger partial charge in [0.05, 0.1) is 17.2 Å². The predicted octanol–water partition coefficient (Wildman–Crippen LogP) is 6.19. The number of hydrogen-bond donors (Lipinski definition) is 1. The molecule has 3 aromatic rings. The highest BCUT2D eigenvalue weighted by atomic mass is 28.4. The molecule has 0 aliphatic carbocycles. The zero-order chi connectivity index (χ0) is 24.2. The lowest BCUT2D eigenvalue weighted by Crippen LogP contribution is -2.40. The minimum atomic E-state index is -1.86. The van der Waals surface area contributed by atoms with E-state index in [1.54, 1.807) is 12.1 Å². The zero-order valence-corrected chi connectivity index (χ0v) is 20.4. The van der Waals surface area contributed by atoms with Gasteiger partial charge in [-0.05, 0) is 54.0 Å². The van der Waals surface area contributed by atoms with Crippen molar-refractivity contribution in [3.8, 4) is 17.3 Å². The Balaban J connectivity index is 1.84. The van der Waals surface area contributed by atoms with E-state index in [1.165, 1.54) is 18.3 Å². The average molecular weight is 462 g/mol. The molecule has 0 aliphatic rings. The molecule has 0 unspecified atom stereocenters. The van der Waals surface area contributed by atoms with Gasteiger partial charge in [-0.25, -0.2) is 9.97 Å². The highest BCUT2D eigenvalue weighted by molar-refractivity contribution is 6.74. The minimum Gasteiger partial charge on any atom is -0.413 e. The number of nitrogens with zero attached hydrogens (tertiary/aromatic N) is 4. The molecule has 1 aromatic carbocycles. The van der Waals surface area contributed by atoms with Crippen LogP contribution in [0.2, 0.25) is 18.1 Å². The maximum atomic E-state index is 11.5. The summed E-state index contributed by atoms with van der Waals surface area (Å²) >= 11 is 0. The van der Waals surface area contributed by atoms with Gasteiger partial charge in [0.1, 0.15) is 11.8 Å². The van der Waals surface area contributed by atoms with Crippen LogP contribution in [-0.4, -0.2) is 23.2 Å². The lowest BCUT2D eigenvalue weighted by Gasteiger charge is -2.36. The lowest BCUT2D eigenvalue weighted by molar-refractivity contribution is -0.384. The van der Waals surface area contributed by atoms with Gasteiger partial charge in [-0.1, -0.05) is 32.9 Å². The average Bonchev–Trinajstić information content (AvgIpc) is 2.77. The largest absolute Gasteiger partial charge is 0.413 e. The van der Waals surface area contributed by atoms with Crippen LogP contribution in [0.4, 0.5) is 17.2 Å². The van der Waals surface area contributed by atoms with Gasteiger partial charge in [-0.2, -0.15) is 5.26 Å². The first-order chi connectivity index (χ1) is 15.5. The molecule has 0 amide bonds. The Labute approximate surface area is 194 Å². The fourth-order valence-electron chi connectivity index (χ4n) is 2.84. The molecule has 33 heavy (non-hydrogen) atoms. The Bertz CT molecular complexity index is 1200. The fraction of sp³-hybridized carbons (Fsp3) is 0.292. The third kappa shape index (κ3) is 5.60. The molecule has 8 nitrogen and oxygen atoms in total. The Morgan fingerprint density at radius 3 is 2.45 bits per heavy atom. The molecule has 2 heterocycles. The second-order valence-electron chi connectivity index (χ2n) is 9.20. The maximum absolute atomic E-state index is 11.5. The van der Waals surface area contributed by atoms with Crippen LogP contribution >= 0.6 is 0 Å². The Kier molecular flexibility index (Phi) is 6.91. The molecule has 0 bridgehead atoms. The number of pyridine rings is 2. The first kappa shape index (κ1) is 24.0. The molecule has 0 aliphatic heterocycles. The molecule has 0 saturated carbocycles. The van der Waals surface area contributed by atoms with Gasteiger partial charge in [0.15, 0.2) is 8.32 Å². The lowest BCUT2D eigenvalue weighted by atomic mass is 10.1. The van der Waals surface area contributed by atoms with E-state index in [2.05, 4.69) is 49.1 Å². The van der Waals surface area contributed by atoms with Crippen molar-refractivity contribution in [1.29, 1.82) is 5.26 Å². The van der Waals surface area contributed by atoms with Gasteiger partial charge in [0.25, 0.3) is 0 Å². The molecule has 1 N–H and O–H groups in total. The van der Waals surface area contributed by atoms with E-state index in [9.17, 15) is 15.4 Å². The van der Waals surface area contributed by atoms with Gasteiger partial charge in [-0.3, -0.25) is 10.1 Å². The van der Waals surface area contributed by atoms with E-state index in [1.807, 2.05) is 30.3 Å². The third-order valence-electron chi connectivity index (χ3n) is 5.88. The molecule has 0 spiro atoms. The van der Waals surface area contributed by atoms with Gasteiger partial charge in [0, 0.05) is 23.5 Å². The van der Waals surface area contributed by atoms with Crippen molar-refractivity contribution in [2.24, 2.45) is 0 Å². The first-order valence-electron chi connectivity index (χ1n) is 10.5. The monoisotopic (exact) mass is 461 g/mol. The van der Waals surface area contributed by atoms with E-state index in [-0.39, 0.29) is 22.2 Å². The molecule has 9 heteroatoms. The summed E-state index contributed by atoms with van der Waals surface area (Å²) in [6.45, 7) is 11.5. The Morgan fingerprint density at radius 1 is 1.15 bits per heavy atom. The Morgan fingerprint density at radius 2 is 1.85 bits per heavy atom. The topological polar surface area (TPSA) is 114 Å². The summed E-state index contributed by atoms with van der Waals surface area (Å²) in [5.74, 6) is 0.0931. The van der Waals surface area contributed by atoms with E-state index in [0.717, 1.165) is 5.56 Å². The number of nitro groups is 1. The summed E-state index contributed by atoms with van der Waals surface area (Å²) in [5, 5.41) is 24.0. The van der Waals surface area contributed by atoms with Crippen LogP contribution in [0, 0.1) is 21.4 Å². The van der Waals surface area contributed by atoms with E-state index in [4.69, 9.17) is 4.43 Å². The summed E-state index contributed by atoms with van der Waals surface area (Å²) in [6.07, 6.45) is 1.52. The second kappa shape index (κ2) is 9.48. The highest BCUT2D eigenvalue weighted by Crippen LogP contribution is 2.37. The molecular formula is C24H27N5O3Si. The van der Waals surface area contributed by atoms with Crippen LogP contribution in [0.1, 0.15) is 32.0 Å². The molecule has 0 fully saturated rings. The number of benzene rings is 1. The number of nitriles is 1. The van der Waals surface area contributed by atoms with E-state index >= 15 is 0 Å². The van der Waals surface area contributed by atoms with E-state index < -0.39 is 13.2 Å². The van der Waals surface area contributed by atoms with E-state index in [0.29, 0.717) is 23.6 Å². The fourth-order valence-corrected chi connectivity index (χ4v) is 3.80. The number of rotatable bonds is 7. The summed E-state index contributed by atoms with van der Waals surface area (Å²) in [6, 6.07) is 15.9. The van der Waals surface area contributed by atoms with Crippen molar-refractivity contribution in [1.82, 2.24) is 9.97 Å². The molecule has 0 saturated heterocycles. The van der Waals surface area contributed by atoms with Gasteiger partial charge >= 0.3 is 5.69 Å². The highest BCUT2D eigenvalue weighted by Gasteiger charge is 2.37. The second-order valence-corrected chi connectivity index (χ2v) is 14.0. The first-order valence-corrected chi connectivity index (χ1v) is 13.4. The van der Waals surface area contributed by atoms with Crippen molar-refractivity contribution in [2.45, 2.75) is 45.5 Å². The number of nitrogens with one attached hydrogen (secondary N) is 1. The van der Waals surface area contributed by atoms with Crippen LogP contribution in [-0.2, 0) is 11.0 Å². The molecule has 170 valence electrons. The zero-order valence-electron chi connectivity index (χ0n) is 19.4. The van der Waals surface area contributed by atoms with Crippen LogP contribution in [0.15, 0.2) is 54.7 Å². The van der Waals surface area contributed by atoms with Crippen LogP contribution in [0.25, 0.3) is 11.3 Å². The SMILES string of the molecule is CC(C)(C)[Si](C)(C)OCc1ccc(Nc2nc(-c3cccnc3C#N)ccc2[N+](=O)[O-])cc1. The van der Waals surface area contributed by atoms with Gasteiger partial charge in [-0.15, -0.1) is 0 Å². The van der Waals surface area contributed by atoms with Crippen LogP contribution < -0.4 is 5.32 Å². The van der Waals surface area contributed by atoms with Crippen molar-refractivity contribution in [3.05, 3.63) is 76.1 Å². The molecule has 2 aromatic heterocycles. The van der Waals surface area contributed by atoms with Crippen molar-refractivity contribution in [2.75, 3.05) is 5.32 Å². The minimum absolute atomic E-state index is 0.0931. The quantitative estimate of drug-likeness (QED) is 0.253. The van der Waals surface area contributed by atoms with Crippen molar-refractivity contribution >= 4 is 25.5 Å². The number of anilines is 2. The van der Waals surface area contributed by atoms with Crippen LogP contribution in [0.3, 0.4) is 0 Å². The standard InChI is InChI=1S/C24H27N5O3Si/c1-24(2,3)33(4,5)32-16-17-8-10-18(11-9-17)27-23-22(29(30)31)13-12-20(28-23)19-7-6-14-26-21(19)15-25/h6-14H,16H2,1-5H3,(H,27,28). The summed E-state index contributed by atoms with van der Waals surface area (Å²) in [5.41, 5.74) is 2.66. The summed E-state index contributed by atoms with van der Waals surface area (Å²) < 4.78 is 6.26. The predicted molar refractivity (Wildman–Crippen MR) is 131 cm³/mol. The van der Waals surface area contributed by atoms with Crippen LogP contribution in [0.5, 0.6) is 0 Å². The van der Waals surface area contributed by atoms with Crippen molar-refractivity contribution in [3.63, 3.8) is 0 Å². The van der Waals surface area contributed by atoms with Crippen molar-refractivity contribution < 1.29 is 9.35 Å². The maximum Gasteiger partial charge on any atom is 0.311 e. The number of hydrogen-bond acceptors (Lipinski definition) is 7. The molecular weight excluding hydrogens is 434 g/mol. The summed E-state index contributed by atoms with van der Waals surface area (Å²) in [7, 11) is -1.86. The molecule has 0 atom stereocenters. The smallest absolute Gasteiger partial charge is 0.311 e.